The zero-order valence-electron chi connectivity index (χ0n) is 11.5. The number of halogens is 5. The van der Waals surface area contributed by atoms with Gasteiger partial charge < -0.3 is 10.1 Å². The van der Waals surface area contributed by atoms with Crippen LogP contribution in [0.1, 0.15) is 10.4 Å². The molecule has 0 aliphatic carbocycles. The number of alkyl halides is 3. The molecule has 23 heavy (non-hydrogen) atoms. The van der Waals surface area contributed by atoms with Gasteiger partial charge in [0.1, 0.15) is 5.75 Å². The maximum absolute atomic E-state index is 12.2. The van der Waals surface area contributed by atoms with E-state index in [0.717, 1.165) is 0 Å². The van der Waals surface area contributed by atoms with Crippen molar-refractivity contribution in [1.29, 1.82) is 0 Å². The molecule has 1 amide bonds. The summed E-state index contributed by atoms with van der Waals surface area (Å²) in [6.45, 7) is -1.40. The van der Waals surface area contributed by atoms with Gasteiger partial charge in [-0.05, 0) is 30.3 Å². The van der Waals surface area contributed by atoms with Crippen molar-refractivity contribution in [1.82, 2.24) is 0 Å². The van der Waals surface area contributed by atoms with E-state index in [-0.39, 0.29) is 16.3 Å². The van der Waals surface area contributed by atoms with Crippen molar-refractivity contribution < 1.29 is 22.7 Å². The average molecular weight is 409 g/mol. The highest BCUT2D eigenvalue weighted by Gasteiger charge is 2.28. The van der Waals surface area contributed by atoms with Crippen LogP contribution in [0.5, 0.6) is 5.75 Å². The Bertz CT molecular complexity index is 722. The lowest BCUT2D eigenvalue weighted by atomic mass is 10.2. The Hall–Kier alpha value is -1.73. The average Bonchev–Trinajstić information content (AvgIpc) is 2.47. The summed E-state index contributed by atoms with van der Waals surface area (Å²) < 4.78 is 41.7. The Labute approximate surface area is 143 Å². The molecule has 0 saturated heterocycles. The monoisotopic (exact) mass is 407 g/mol. The second-order valence-corrected chi connectivity index (χ2v) is 5.83. The molecule has 2 aromatic rings. The number of benzene rings is 2. The number of rotatable bonds is 4. The fourth-order valence-electron chi connectivity index (χ4n) is 1.70. The molecule has 0 saturated carbocycles. The molecule has 2 aromatic carbocycles. The molecule has 0 aliphatic rings. The predicted octanol–water partition coefficient (Wildman–Crippen LogP) is 5.30. The van der Waals surface area contributed by atoms with Gasteiger partial charge in [-0.15, -0.1) is 0 Å². The van der Waals surface area contributed by atoms with Crippen molar-refractivity contribution in [2.45, 2.75) is 6.18 Å². The van der Waals surface area contributed by atoms with E-state index < -0.39 is 18.7 Å². The SMILES string of the molecule is O=C(Nc1cccc(OCC(F)(F)F)c1)c1cc(Br)ccc1Cl. The van der Waals surface area contributed by atoms with Gasteiger partial charge in [0.25, 0.3) is 5.91 Å². The topological polar surface area (TPSA) is 38.3 Å². The first-order valence-corrected chi connectivity index (χ1v) is 7.48. The number of nitrogens with one attached hydrogen (secondary N) is 1. The number of carbonyl (C=O) groups excluding carboxylic acids is 1. The third kappa shape index (κ3) is 5.44. The fourth-order valence-corrected chi connectivity index (χ4v) is 2.26. The third-order valence-corrected chi connectivity index (χ3v) is 3.49. The molecule has 0 fully saturated rings. The van der Waals surface area contributed by atoms with Gasteiger partial charge in [-0.2, -0.15) is 13.2 Å². The van der Waals surface area contributed by atoms with Gasteiger partial charge in [-0.1, -0.05) is 33.6 Å². The molecule has 0 unspecified atom stereocenters. The normalized spacial score (nSPS) is 11.2. The quantitative estimate of drug-likeness (QED) is 0.746. The van der Waals surface area contributed by atoms with E-state index in [9.17, 15) is 18.0 Å². The Morgan fingerprint density at radius 2 is 1.96 bits per heavy atom. The highest BCUT2D eigenvalue weighted by molar-refractivity contribution is 9.10. The molecule has 0 heterocycles. The van der Waals surface area contributed by atoms with Crippen LogP contribution in [-0.2, 0) is 0 Å². The van der Waals surface area contributed by atoms with E-state index in [1.54, 1.807) is 18.2 Å². The molecule has 3 nitrogen and oxygen atoms in total. The number of ether oxygens (including phenoxy) is 1. The maximum atomic E-state index is 12.2. The van der Waals surface area contributed by atoms with Crippen molar-refractivity contribution in [3.05, 3.63) is 57.5 Å². The number of amides is 1. The van der Waals surface area contributed by atoms with Crippen LogP contribution in [0.15, 0.2) is 46.9 Å². The summed E-state index contributed by atoms with van der Waals surface area (Å²) in [6, 6.07) is 10.5. The van der Waals surface area contributed by atoms with Crippen molar-refractivity contribution in [3.63, 3.8) is 0 Å². The minimum atomic E-state index is -4.43. The van der Waals surface area contributed by atoms with Crippen LogP contribution >= 0.6 is 27.5 Å². The Balaban J connectivity index is 2.11. The maximum Gasteiger partial charge on any atom is 0.422 e. The lowest BCUT2D eigenvalue weighted by Crippen LogP contribution is -2.19. The minimum Gasteiger partial charge on any atom is -0.484 e. The molecule has 0 bridgehead atoms. The van der Waals surface area contributed by atoms with Crippen molar-refractivity contribution in [2.75, 3.05) is 11.9 Å². The highest BCUT2D eigenvalue weighted by atomic mass is 79.9. The van der Waals surface area contributed by atoms with E-state index in [4.69, 9.17) is 11.6 Å². The molecule has 0 atom stereocenters. The molecule has 1 N–H and O–H groups in total. The fraction of sp³-hybridized carbons (Fsp3) is 0.133. The Kier molecular flexibility index (Phi) is 5.54. The van der Waals surface area contributed by atoms with Gasteiger partial charge in [0.15, 0.2) is 6.61 Å². The third-order valence-electron chi connectivity index (χ3n) is 2.67. The first-order chi connectivity index (χ1) is 10.7. The summed E-state index contributed by atoms with van der Waals surface area (Å²) in [5.41, 5.74) is 0.536. The van der Waals surface area contributed by atoms with Gasteiger partial charge in [0.2, 0.25) is 0 Å². The van der Waals surface area contributed by atoms with Crippen LogP contribution < -0.4 is 10.1 Å². The molecule has 122 valence electrons. The van der Waals surface area contributed by atoms with E-state index in [1.807, 2.05) is 0 Å². The molecule has 0 aromatic heterocycles. The van der Waals surface area contributed by atoms with Gasteiger partial charge in [-0.3, -0.25) is 4.79 Å². The smallest absolute Gasteiger partial charge is 0.422 e. The van der Waals surface area contributed by atoms with Crippen LogP contribution in [0.25, 0.3) is 0 Å². The van der Waals surface area contributed by atoms with Gasteiger partial charge in [-0.25, -0.2) is 0 Å². The molecular formula is C15H10BrClF3NO2. The van der Waals surface area contributed by atoms with Gasteiger partial charge in [0, 0.05) is 16.2 Å². The van der Waals surface area contributed by atoms with Crippen LogP contribution in [0.4, 0.5) is 18.9 Å². The van der Waals surface area contributed by atoms with E-state index >= 15 is 0 Å². The number of hydrogen-bond donors (Lipinski definition) is 1. The summed E-state index contributed by atoms with van der Waals surface area (Å²) in [5, 5.41) is 2.82. The molecule has 8 heteroatoms. The molecule has 2 rings (SSSR count). The second kappa shape index (κ2) is 7.23. The van der Waals surface area contributed by atoms with E-state index in [1.165, 1.54) is 24.3 Å². The largest absolute Gasteiger partial charge is 0.484 e. The van der Waals surface area contributed by atoms with Crippen LogP contribution in [0.3, 0.4) is 0 Å². The van der Waals surface area contributed by atoms with E-state index in [0.29, 0.717) is 10.2 Å². The van der Waals surface area contributed by atoms with Crippen molar-refractivity contribution in [3.8, 4) is 5.75 Å². The number of carbonyl (C=O) groups is 1. The molecule has 0 spiro atoms. The minimum absolute atomic E-state index is 0.000430. The van der Waals surface area contributed by atoms with Crippen LogP contribution in [-0.4, -0.2) is 18.7 Å². The van der Waals surface area contributed by atoms with Gasteiger partial charge in [0.05, 0.1) is 10.6 Å². The first kappa shape index (κ1) is 17.6. The summed E-state index contributed by atoms with van der Waals surface area (Å²) in [7, 11) is 0. The molecule has 0 aliphatic heterocycles. The summed E-state index contributed by atoms with van der Waals surface area (Å²) in [4.78, 5) is 12.2. The summed E-state index contributed by atoms with van der Waals surface area (Å²) in [6.07, 6.45) is -4.43. The zero-order chi connectivity index (χ0) is 17.0. The Morgan fingerprint density at radius 3 is 2.65 bits per heavy atom. The van der Waals surface area contributed by atoms with Gasteiger partial charge >= 0.3 is 6.18 Å². The van der Waals surface area contributed by atoms with E-state index in [2.05, 4.69) is 26.0 Å². The second-order valence-electron chi connectivity index (χ2n) is 4.51. The highest BCUT2D eigenvalue weighted by Crippen LogP contribution is 2.24. The first-order valence-electron chi connectivity index (χ1n) is 6.30. The Morgan fingerprint density at radius 1 is 1.22 bits per heavy atom. The lowest BCUT2D eigenvalue weighted by Gasteiger charge is -2.11. The van der Waals surface area contributed by atoms with Crippen LogP contribution in [0.2, 0.25) is 5.02 Å². The predicted molar refractivity (Wildman–Crippen MR) is 85.1 cm³/mol. The summed E-state index contributed by atoms with van der Waals surface area (Å²) in [5.74, 6) is -0.482. The lowest BCUT2D eigenvalue weighted by molar-refractivity contribution is -0.153. The van der Waals surface area contributed by atoms with Crippen molar-refractivity contribution >= 4 is 39.1 Å². The standard InChI is InChI=1S/C15H10BrClF3NO2/c16-9-4-5-13(17)12(6-9)14(22)21-10-2-1-3-11(7-10)23-8-15(18,19)20/h1-7H,8H2,(H,21,22). The molecular weight excluding hydrogens is 399 g/mol. The number of anilines is 1. The molecule has 0 radical (unpaired) electrons. The summed E-state index contributed by atoms with van der Waals surface area (Å²) >= 11 is 9.19. The number of hydrogen-bond acceptors (Lipinski definition) is 2. The van der Waals surface area contributed by atoms with Crippen LogP contribution in [0, 0.1) is 0 Å². The zero-order valence-corrected chi connectivity index (χ0v) is 13.8. The van der Waals surface area contributed by atoms with Crippen molar-refractivity contribution in [2.24, 2.45) is 0 Å².